The molecule has 1 aromatic rings. The number of pyridine rings is 1. The standard InChI is InChI=1S/C25H35BrN4O3/c1-15-8-9-20(26)27-21(15)28-22(31)18-10-25(14-29-12-16-6-5-7-17(16)13-29)11-19(25)30(18)23(32)33-24(2,3)4/h8-9,16-19H,5-7,10-14H2,1-4H3,(H,27,28,31)/t16?,17?,18-,19?,25?/m0/s1. The fraction of sp³-hybridized carbons (Fsp3) is 0.720. The van der Waals surface area contributed by atoms with Gasteiger partial charge in [-0.05, 0) is 92.8 Å². The van der Waals surface area contributed by atoms with E-state index in [1.165, 1.54) is 32.4 Å². The van der Waals surface area contributed by atoms with E-state index in [0.717, 1.165) is 30.4 Å². The molecule has 2 amide bonds. The molecular weight excluding hydrogens is 484 g/mol. The van der Waals surface area contributed by atoms with Crippen LogP contribution in [0.3, 0.4) is 0 Å². The summed E-state index contributed by atoms with van der Waals surface area (Å²) in [6, 6.07) is 3.29. The van der Waals surface area contributed by atoms with Gasteiger partial charge in [0.15, 0.2) is 0 Å². The van der Waals surface area contributed by atoms with Gasteiger partial charge < -0.3 is 15.0 Å². The fourth-order valence-electron chi connectivity index (χ4n) is 6.40. The van der Waals surface area contributed by atoms with Crippen molar-refractivity contribution >= 4 is 33.7 Å². The number of rotatable bonds is 4. The van der Waals surface area contributed by atoms with E-state index in [0.29, 0.717) is 16.8 Å². The number of aromatic nitrogens is 1. The summed E-state index contributed by atoms with van der Waals surface area (Å²) in [7, 11) is 0. The number of nitrogens with zero attached hydrogens (tertiary/aromatic N) is 3. The first kappa shape index (κ1) is 23.1. The summed E-state index contributed by atoms with van der Waals surface area (Å²) in [6.45, 7) is 10.8. The van der Waals surface area contributed by atoms with E-state index in [1.807, 2.05) is 39.8 Å². The fourth-order valence-corrected chi connectivity index (χ4v) is 6.71. The summed E-state index contributed by atoms with van der Waals surface area (Å²) in [5.41, 5.74) is 0.279. The van der Waals surface area contributed by atoms with Crippen LogP contribution in [-0.4, -0.2) is 64.1 Å². The van der Waals surface area contributed by atoms with E-state index in [1.54, 1.807) is 4.90 Å². The van der Waals surface area contributed by atoms with Gasteiger partial charge in [0.2, 0.25) is 5.91 Å². The van der Waals surface area contributed by atoms with Crippen LogP contribution >= 0.6 is 15.9 Å². The highest BCUT2D eigenvalue weighted by Gasteiger charge is 2.68. The number of hydrogen-bond acceptors (Lipinski definition) is 5. The van der Waals surface area contributed by atoms with E-state index in [2.05, 4.69) is 31.1 Å². The van der Waals surface area contributed by atoms with Crippen molar-refractivity contribution in [1.82, 2.24) is 14.8 Å². The first-order valence-corrected chi connectivity index (χ1v) is 13.0. The maximum atomic E-state index is 13.4. The minimum absolute atomic E-state index is 0.00269. The van der Waals surface area contributed by atoms with Crippen LogP contribution in [0, 0.1) is 24.2 Å². The zero-order valence-electron chi connectivity index (χ0n) is 20.1. The number of aryl methyl sites for hydroxylation is 1. The Morgan fingerprint density at radius 2 is 1.91 bits per heavy atom. The molecule has 180 valence electrons. The molecule has 2 aliphatic carbocycles. The summed E-state index contributed by atoms with van der Waals surface area (Å²) in [5, 5.41) is 2.98. The maximum absolute atomic E-state index is 13.4. The van der Waals surface area contributed by atoms with Crippen LogP contribution in [0.2, 0.25) is 0 Å². The average Bonchev–Trinajstić information content (AvgIpc) is 3.02. The number of likely N-dealkylation sites (tertiary alicyclic amines) is 2. The summed E-state index contributed by atoms with van der Waals surface area (Å²) >= 11 is 3.38. The van der Waals surface area contributed by atoms with Gasteiger partial charge in [0, 0.05) is 31.1 Å². The second-order valence-corrected chi connectivity index (χ2v) is 12.4. The third-order valence-electron chi connectivity index (χ3n) is 7.97. The zero-order valence-corrected chi connectivity index (χ0v) is 21.7. The SMILES string of the molecule is Cc1ccc(Br)nc1NC(=O)[C@@H]1CC2(CN3CC4CCCC4C3)CC2N1C(=O)OC(C)(C)C. The number of ether oxygens (including phenoxy) is 1. The van der Waals surface area contributed by atoms with Gasteiger partial charge in [-0.25, -0.2) is 9.78 Å². The van der Waals surface area contributed by atoms with Crippen molar-refractivity contribution in [2.75, 3.05) is 25.0 Å². The summed E-state index contributed by atoms with van der Waals surface area (Å²) in [4.78, 5) is 35.4. The lowest BCUT2D eigenvalue weighted by Crippen LogP contribution is -2.47. The summed E-state index contributed by atoms with van der Waals surface area (Å²) in [5.74, 6) is 2.03. The summed E-state index contributed by atoms with van der Waals surface area (Å²) in [6.07, 6.45) is 5.33. The average molecular weight is 519 g/mol. The molecule has 1 aromatic heterocycles. The van der Waals surface area contributed by atoms with Crippen molar-refractivity contribution in [2.45, 2.75) is 77.5 Å². The van der Waals surface area contributed by atoms with Crippen LogP contribution in [0.25, 0.3) is 0 Å². The molecule has 33 heavy (non-hydrogen) atoms. The Kier molecular flexibility index (Phi) is 5.75. The lowest BCUT2D eigenvalue weighted by atomic mass is 9.98. The molecule has 8 heteroatoms. The molecule has 4 unspecified atom stereocenters. The topological polar surface area (TPSA) is 74.8 Å². The van der Waals surface area contributed by atoms with Crippen LogP contribution in [-0.2, 0) is 9.53 Å². The van der Waals surface area contributed by atoms with Gasteiger partial charge in [-0.2, -0.15) is 0 Å². The Labute approximate surface area is 204 Å². The molecule has 2 aliphatic heterocycles. The molecule has 2 saturated heterocycles. The van der Waals surface area contributed by atoms with Gasteiger partial charge in [-0.15, -0.1) is 0 Å². The van der Waals surface area contributed by atoms with Crippen molar-refractivity contribution in [3.05, 3.63) is 22.3 Å². The van der Waals surface area contributed by atoms with Crippen molar-refractivity contribution < 1.29 is 14.3 Å². The lowest BCUT2D eigenvalue weighted by Gasteiger charge is -2.29. The summed E-state index contributed by atoms with van der Waals surface area (Å²) < 4.78 is 6.40. The smallest absolute Gasteiger partial charge is 0.411 e. The van der Waals surface area contributed by atoms with Crippen molar-refractivity contribution in [3.63, 3.8) is 0 Å². The van der Waals surface area contributed by atoms with Crippen LogP contribution in [0.5, 0.6) is 0 Å². The van der Waals surface area contributed by atoms with E-state index in [9.17, 15) is 9.59 Å². The van der Waals surface area contributed by atoms with Crippen molar-refractivity contribution in [2.24, 2.45) is 17.3 Å². The van der Waals surface area contributed by atoms with Gasteiger partial charge in [-0.3, -0.25) is 9.69 Å². The molecule has 0 bridgehead atoms. The molecule has 7 nitrogen and oxygen atoms in total. The van der Waals surface area contributed by atoms with Gasteiger partial charge in [0.05, 0.1) is 0 Å². The second-order valence-electron chi connectivity index (χ2n) is 11.6. The minimum Gasteiger partial charge on any atom is -0.444 e. The molecule has 4 fully saturated rings. The lowest BCUT2D eigenvalue weighted by molar-refractivity contribution is -0.121. The highest BCUT2D eigenvalue weighted by molar-refractivity contribution is 9.10. The van der Waals surface area contributed by atoms with Gasteiger partial charge in [0.25, 0.3) is 0 Å². The number of carbonyl (C=O) groups excluding carboxylic acids is 2. The predicted octanol–water partition coefficient (Wildman–Crippen LogP) is 4.59. The first-order chi connectivity index (χ1) is 15.5. The Hall–Kier alpha value is -1.67. The van der Waals surface area contributed by atoms with Crippen LogP contribution in [0.1, 0.15) is 58.4 Å². The Bertz CT molecular complexity index is 951. The van der Waals surface area contributed by atoms with E-state index in [4.69, 9.17) is 4.74 Å². The highest BCUT2D eigenvalue weighted by atomic mass is 79.9. The quantitative estimate of drug-likeness (QED) is 0.589. The number of piperidine rings is 1. The molecular formula is C25H35BrN4O3. The van der Waals surface area contributed by atoms with Crippen LogP contribution in [0.4, 0.5) is 10.6 Å². The normalized spacial score (nSPS) is 33.1. The molecule has 0 radical (unpaired) electrons. The number of fused-ring (bicyclic) bond motifs is 2. The molecule has 0 spiro atoms. The molecule has 4 aliphatic rings. The van der Waals surface area contributed by atoms with E-state index in [-0.39, 0.29) is 23.5 Å². The maximum Gasteiger partial charge on any atom is 0.411 e. The number of nitrogens with one attached hydrogen (secondary N) is 1. The molecule has 3 heterocycles. The number of hydrogen-bond donors (Lipinski definition) is 1. The minimum atomic E-state index is -0.604. The van der Waals surface area contributed by atoms with Gasteiger partial charge >= 0.3 is 6.09 Å². The van der Waals surface area contributed by atoms with E-state index < -0.39 is 11.6 Å². The highest BCUT2D eigenvalue weighted by Crippen LogP contribution is 2.60. The molecule has 0 aromatic carbocycles. The van der Waals surface area contributed by atoms with Gasteiger partial charge in [-0.1, -0.05) is 12.5 Å². The third-order valence-corrected chi connectivity index (χ3v) is 8.41. The monoisotopic (exact) mass is 518 g/mol. The number of carbonyl (C=O) groups is 2. The predicted molar refractivity (Wildman–Crippen MR) is 130 cm³/mol. The van der Waals surface area contributed by atoms with Crippen molar-refractivity contribution in [1.29, 1.82) is 0 Å². The van der Waals surface area contributed by atoms with Gasteiger partial charge in [0.1, 0.15) is 22.1 Å². The number of anilines is 1. The number of halogens is 1. The van der Waals surface area contributed by atoms with E-state index >= 15 is 0 Å². The Morgan fingerprint density at radius 3 is 2.58 bits per heavy atom. The van der Waals surface area contributed by atoms with Crippen LogP contribution in [0.15, 0.2) is 16.7 Å². The zero-order chi connectivity index (χ0) is 23.5. The molecule has 5 rings (SSSR count). The van der Waals surface area contributed by atoms with Crippen molar-refractivity contribution in [3.8, 4) is 0 Å². The van der Waals surface area contributed by atoms with Crippen LogP contribution < -0.4 is 5.32 Å². The second kappa shape index (κ2) is 8.22. The molecule has 1 N–H and O–H groups in total. The number of amides is 2. The largest absolute Gasteiger partial charge is 0.444 e. The third kappa shape index (κ3) is 4.53. The Balaban J connectivity index is 1.34. The molecule has 5 atom stereocenters. The molecule has 2 saturated carbocycles. The Morgan fingerprint density at radius 1 is 1.21 bits per heavy atom. The first-order valence-electron chi connectivity index (χ1n) is 12.2.